The number of carboxylic acids is 1. The molecule has 0 radical (unpaired) electrons. The smallest absolute Gasteiger partial charge is 0.399 e. The molecular formula is C19H25F3O4. The first kappa shape index (κ1) is 22.2. The van der Waals surface area contributed by atoms with E-state index in [2.05, 4.69) is 0 Å². The summed E-state index contributed by atoms with van der Waals surface area (Å²) in [5.74, 6) is -5.27. The molecule has 3 atom stereocenters. The fourth-order valence-corrected chi connectivity index (χ4v) is 2.92. The maximum atomic E-state index is 13.1. The summed E-state index contributed by atoms with van der Waals surface area (Å²) in [5.41, 5.74) is 1.82. The Bertz CT molecular complexity index is 602. The van der Waals surface area contributed by atoms with Crippen molar-refractivity contribution in [2.75, 3.05) is 0 Å². The lowest BCUT2D eigenvalue weighted by atomic mass is 9.77. The Morgan fingerprint density at radius 1 is 1.15 bits per heavy atom. The summed E-state index contributed by atoms with van der Waals surface area (Å²) in [5, 5.41) is 18.5. The molecule has 7 heteroatoms. The third kappa shape index (κ3) is 7.15. The number of carbonyl (C=O) groups is 2. The van der Waals surface area contributed by atoms with Crippen LogP contribution in [0, 0.1) is 11.8 Å². The Labute approximate surface area is 151 Å². The van der Waals surface area contributed by atoms with E-state index in [-0.39, 0.29) is 12.8 Å². The Morgan fingerprint density at radius 2 is 1.77 bits per heavy atom. The van der Waals surface area contributed by atoms with Gasteiger partial charge in [0.1, 0.15) is 5.92 Å². The number of rotatable bonds is 8. The molecule has 1 aliphatic rings. The van der Waals surface area contributed by atoms with Gasteiger partial charge in [0.05, 0.1) is 6.10 Å². The summed E-state index contributed by atoms with van der Waals surface area (Å²) >= 11 is 0. The van der Waals surface area contributed by atoms with Crippen LogP contribution in [0.3, 0.4) is 0 Å². The van der Waals surface area contributed by atoms with Crippen LogP contribution >= 0.6 is 0 Å². The average Bonchev–Trinajstić information content (AvgIpc) is 2.52. The number of alkyl halides is 3. The van der Waals surface area contributed by atoms with Crippen LogP contribution in [0.5, 0.6) is 0 Å². The molecule has 3 unspecified atom stereocenters. The van der Waals surface area contributed by atoms with E-state index in [1.807, 2.05) is 13.0 Å². The Hall–Kier alpha value is -1.89. The second-order valence-electron chi connectivity index (χ2n) is 6.70. The standard InChI is InChI=1S/C19H25F3O4/c1-12(4-3-5-13(2)7-11-17(25)26)6-8-14-15(23)9-10-16(24)18(14)19(20,21)22/h5-6,9-10,14-15,18,23H,3-4,7-8,11H2,1-2H3,(H,25,26)/b12-6+,13-5+. The predicted octanol–water partition coefficient (Wildman–Crippen LogP) is 4.21. The minimum Gasteiger partial charge on any atom is -0.481 e. The van der Waals surface area contributed by atoms with Crippen LogP contribution in [0.1, 0.15) is 46.0 Å². The molecule has 0 saturated heterocycles. The van der Waals surface area contributed by atoms with Gasteiger partial charge in [-0.2, -0.15) is 13.2 Å². The highest BCUT2D eigenvalue weighted by Gasteiger charge is 2.51. The number of aliphatic hydroxyl groups excluding tert-OH is 1. The van der Waals surface area contributed by atoms with Crippen molar-refractivity contribution in [3.63, 3.8) is 0 Å². The van der Waals surface area contributed by atoms with Crippen LogP contribution in [-0.4, -0.2) is 34.2 Å². The van der Waals surface area contributed by atoms with Gasteiger partial charge in [-0.05, 0) is 45.6 Å². The molecule has 1 rings (SSSR count). The minimum absolute atomic E-state index is 0.0328. The molecule has 1 aliphatic carbocycles. The van der Waals surface area contributed by atoms with Crippen LogP contribution in [0.25, 0.3) is 0 Å². The molecule has 26 heavy (non-hydrogen) atoms. The van der Waals surface area contributed by atoms with Crippen molar-refractivity contribution in [2.45, 2.75) is 58.2 Å². The number of aliphatic carboxylic acids is 1. The fraction of sp³-hybridized carbons (Fsp3) is 0.579. The van der Waals surface area contributed by atoms with Crippen LogP contribution in [0.4, 0.5) is 13.2 Å². The molecule has 0 spiro atoms. The minimum atomic E-state index is -4.68. The van der Waals surface area contributed by atoms with Gasteiger partial charge in [-0.1, -0.05) is 29.4 Å². The van der Waals surface area contributed by atoms with E-state index in [1.54, 1.807) is 13.0 Å². The molecular weight excluding hydrogens is 349 g/mol. The van der Waals surface area contributed by atoms with Gasteiger partial charge in [0, 0.05) is 12.3 Å². The number of carbonyl (C=O) groups excluding carboxylic acids is 1. The highest BCUT2D eigenvalue weighted by atomic mass is 19.4. The number of halogens is 3. The summed E-state index contributed by atoms with van der Waals surface area (Å²) < 4.78 is 39.4. The molecule has 0 bridgehead atoms. The van der Waals surface area contributed by atoms with Crippen molar-refractivity contribution in [3.05, 3.63) is 35.5 Å². The van der Waals surface area contributed by atoms with Crippen LogP contribution in [0.2, 0.25) is 0 Å². The van der Waals surface area contributed by atoms with Crippen LogP contribution < -0.4 is 0 Å². The second kappa shape index (κ2) is 9.71. The Kier molecular flexibility index (Phi) is 8.27. The lowest BCUT2D eigenvalue weighted by Gasteiger charge is -2.31. The van der Waals surface area contributed by atoms with E-state index in [0.29, 0.717) is 19.3 Å². The van der Waals surface area contributed by atoms with Crippen molar-refractivity contribution >= 4 is 11.8 Å². The zero-order valence-electron chi connectivity index (χ0n) is 14.9. The highest BCUT2D eigenvalue weighted by Crippen LogP contribution is 2.39. The zero-order valence-corrected chi connectivity index (χ0v) is 14.9. The number of allylic oxidation sites excluding steroid dienone is 5. The van der Waals surface area contributed by atoms with E-state index < -0.39 is 35.9 Å². The maximum Gasteiger partial charge on any atom is 0.399 e. The number of ketones is 1. The van der Waals surface area contributed by atoms with Gasteiger partial charge >= 0.3 is 12.1 Å². The highest BCUT2D eigenvalue weighted by molar-refractivity contribution is 5.93. The summed E-state index contributed by atoms with van der Waals surface area (Å²) in [6.45, 7) is 3.63. The number of hydrogen-bond acceptors (Lipinski definition) is 3. The topological polar surface area (TPSA) is 74.6 Å². The van der Waals surface area contributed by atoms with Crippen molar-refractivity contribution in [2.24, 2.45) is 11.8 Å². The van der Waals surface area contributed by atoms with Gasteiger partial charge in [0.25, 0.3) is 0 Å². The van der Waals surface area contributed by atoms with Gasteiger partial charge in [-0.3, -0.25) is 9.59 Å². The maximum absolute atomic E-state index is 13.1. The first-order valence-electron chi connectivity index (χ1n) is 8.52. The number of aliphatic hydroxyl groups is 1. The largest absolute Gasteiger partial charge is 0.481 e. The summed E-state index contributed by atoms with van der Waals surface area (Å²) in [6, 6.07) is 0. The van der Waals surface area contributed by atoms with Gasteiger partial charge in [-0.25, -0.2) is 0 Å². The number of hydrogen-bond donors (Lipinski definition) is 2. The molecule has 0 heterocycles. The van der Waals surface area contributed by atoms with Gasteiger partial charge in [0.2, 0.25) is 0 Å². The fourth-order valence-electron chi connectivity index (χ4n) is 2.92. The molecule has 0 aromatic carbocycles. The predicted molar refractivity (Wildman–Crippen MR) is 91.4 cm³/mol. The molecule has 0 saturated carbocycles. The van der Waals surface area contributed by atoms with Crippen molar-refractivity contribution < 1.29 is 33.0 Å². The average molecular weight is 374 g/mol. The molecule has 0 aromatic rings. The van der Waals surface area contributed by atoms with E-state index in [0.717, 1.165) is 23.3 Å². The first-order chi connectivity index (χ1) is 12.0. The van der Waals surface area contributed by atoms with Crippen molar-refractivity contribution in [1.29, 1.82) is 0 Å². The monoisotopic (exact) mass is 374 g/mol. The molecule has 0 fully saturated rings. The zero-order chi connectivity index (χ0) is 19.9. The van der Waals surface area contributed by atoms with E-state index in [1.165, 1.54) is 0 Å². The third-order valence-corrected chi connectivity index (χ3v) is 4.49. The van der Waals surface area contributed by atoms with Crippen LogP contribution in [0.15, 0.2) is 35.5 Å². The van der Waals surface area contributed by atoms with Crippen molar-refractivity contribution in [1.82, 2.24) is 0 Å². The summed E-state index contributed by atoms with van der Waals surface area (Å²) in [6.07, 6.45) is 1.27. The van der Waals surface area contributed by atoms with Gasteiger partial charge in [-0.15, -0.1) is 0 Å². The SMILES string of the molecule is C/C(=C\CC1C(O)C=CC(=O)C1C(F)(F)F)CC/C=C(\C)CCC(=O)O. The Morgan fingerprint density at radius 3 is 2.35 bits per heavy atom. The molecule has 2 N–H and O–H groups in total. The van der Waals surface area contributed by atoms with E-state index in [4.69, 9.17) is 5.11 Å². The molecule has 0 aliphatic heterocycles. The van der Waals surface area contributed by atoms with Gasteiger partial charge in [0.15, 0.2) is 5.78 Å². The first-order valence-corrected chi connectivity index (χ1v) is 8.52. The third-order valence-electron chi connectivity index (χ3n) is 4.49. The van der Waals surface area contributed by atoms with E-state index in [9.17, 15) is 27.9 Å². The lowest BCUT2D eigenvalue weighted by molar-refractivity contribution is -0.196. The van der Waals surface area contributed by atoms with Gasteiger partial charge < -0.3 is 10.2 Å². The summed E-state index contributed by atoms with van der Waals surface area (Å²) in [7, 11) is 0. The molecule has 4 nitrogen and oxygen atoms in total. The number of carboxylic acid groups (broad SMARTS) is 1. The Balaban J connectivity index is 2.63. The molecule has 0 amide bonds. The quantitative estimate of drug-likeness (QED) is 0.624. The van der Waals surface area contributed by atoms with Crippen LogP contribution in [-0.2, 0) is 9.59 Å². The van der Waals surface area contributed by atoms with Crippen molar-refractivity contribution in [3.8, 4) is 0 Å². The molecule has 146 valence electrons. The van der Waals surface area contributed by atoms with E-state index >= 15 is 0 Å². The lowest BCUT2D eigenvalue weighted by Crippen LogP contribution is -2.43. The summed E-state index contributed by atoms with van der Waals surface area (Å²) in [4.78, 5) is 22.1. The molecule has 0 aromatic heterocycles. The normalized spacial score (nSPS) is 24.8. The second-order valence-corrected chi connectivity index (χ2v) is 6.70.